The molecule has 3 heteroatoms. The highest BCUT2D eigenvalue weighted by Crippen LogP contribution is 2.18. The summed E-state index contributed by atoms with van der Waals surface area (Å²) >= 11 is 1.51. The summed E-state index contributed by atoms with van der Waals surface area (Å²) in [4.78, 5) is 5.13. The number of nitriles is 1. The number of benzene rings is 1. The molecule has 0 bridgehead atoms. The molecule has 2 aromatic rings. The largest absolute Gasteiger partial charge is 0.245 e. The van der Waals surface area contributed by atoms with E-state index in [0.717, 1.165) is 28.4 Å². The monoisotopic (exact) mass is 228 g/mol. The van der Waals surface area contributed by atoms with Gasteiger partial charge >= 0.3 is 0 Å². The number of aromatic nitrogens is 1. The van der Waals surface area contributed by atoms with E-state index in [1.807, 2.05) is 25.1 Å². The maximum absolute atomic E-state index is 8.84. The molecule has 80 valence electrons. The highest BCUT2D eigenvalue weighted by Gasteiger charge is 2.06. The molecule has 0 fully saturated rings. The molecular formula is C13H12N2S. The van der Waals surface area contributed by atoms with Crippen LogP contribution in [-0.4, -0.2) is 4.98 Å². The molecule has 0 amide bonds. The Morgan fingerprint density at radius 1 is 1.25 bits per heavy atom. The maximum atomic E-state index is 8.84. The molecule has 0 atom stereocenters. The van der Waals surface area contributed by atoms with Gasteiger partial charge < -0.3 is 0 Å². The van der Waals surface area contributed by atoms with Crippen molar-refractivity contribution in [3.05, 3.63) is 51.5 Å². The van der Waals surface area contributed by atoms with E-state index in [-0.39, 0.29) is 0 Å². The summed E-state index contributed by atoms with van der Waals surface area (Å²) in [5.41, 5.74) is 2.17. The minimum Gasteiger partial charge on any atom is -0.245 e. The fourth-order valence-corrected chi connectivity index (χ4v) is 2.42. The fourth-order valence-electron chi connectivity index (χ4n) is 1.56. The van der Waals surface area contributed by atoms with Crippen LogP contribution in [0.4, 0.5) is 0 Å². The molecule has 0 aliphatic carbocycles. The summed E-state index contributed by atoms with van der Waals surface area (Å²) < 4.78 is 0. The average molecular weight is 228 g/mol. The lowest BCUT2D eigenvalue weighted by Gasteiger charge is -1.97. The van der Waals surface area contributed by atoms with E-state index < -0.39 is 0 Å². The highest BCUT2D eigenvalue weighted by atomic mass is 32.1. The van der Waals surface area contributed by atoms with E-state index in [1.165, 1.54) is 16.9 Å². The van der Waals surface area contributed by atoms with Gasteiger partial charge in [-0.3, -0.25) is 0 Å². The average Bonchev–Trinajstić information content (AvgIpc) is 2.69. The summed E-state index contributed by atoms with van der Waals surface area (Å²) in [6.45, 7) is 1.89. The van der Waals surface area contributed by atoms with Crippen molar-refractivity contribution in [2.75, 3.05) is 0 Å². The molecule has 1 aromatic carbocycles. The predicted molar refractivity (Wildman–Crippen MR) is 65.4 cm³/mol. The number of aryl methyl sites for hydroxylation is 3. The molecule has 0 unspecified atom stereocenters. The minimum atomic E-state index is 0.739. The van der Waals surface area contributed by atoms with Gasteiger partial charge in [0.2, 0.25) is 0 Å². The normalized spacial score (nSPS) is 10.0. The van der Waals surface area contributed by atoms with Gasteiger partial charge in [-0.1, -0.05) is 30.3 Å². The lowest BCUT2D eigenvalue weighted by molar-refractivity contribution is 0.936. The molecule has 0 aliphatic heterocycles. The summed E-state index contributed by atoms with van der Waals surface area (Å²) in [5.74, 6) is 0. The van der Waals surface area contributed by atoms with Crippen LogP contribution in [0.25, 0.3) is 0 Å². The van der Waals surface area contributed by atoms with Crippen LogP contribution in [0.5, 0.6) is 0 Å². The smallest absolute Gasteiger partial charge is 0.127 e. The first-order valence-electron chi connectivity index (χ1n) is 5.20. The van der Waals surface area contributed by atoms with Crippen molar-refractivity contribution in [1.29, 1.82) is 5.26 Å². The lowest BCUT2D eigenvalue weighted by Crippen LogP contribution is -1.90. The molecule has 0 aliphatic rings. The third kappa shape index (κ3) is 2.47. The van der Waals surface area contributed by atoms with E-state index >= 15 is 0 Å². The van der Waals surface area contributed by atoms with Gasteiger partial charge in [0.25, 0.3) is 0 Å². The summed E-state index contributed by atoms with van der Waals surface area (Å²) in [6, 6.07) is 12.5. The molecule has 1 heterocycles. The first-order chi connectivity index (χ1) is 7.79. The molecule has 2 nitrogen and oxygen atoms in total. The summed E-state index contributed by atoms with van der Waals surface area (Å²) in [6.07, 6.45) is 1.90. The number of hydrogen-bond acceptors (Lipinski definition) is 3. The van der Waals surface area contributed by atoms with Crippen molar-refractivity contribution in [2.45, 2.75) is 19.8 Å². The van der Waals surface area contributed by atoms with Crippen LogP contribution in [0, 0.1) is 18.3 Å². The van der Waals surface area contributed by atoms with Crippen LogP contribution in [0.15, 0.2) is 30.3 Å². The van der Waals surface area contributed by atoms with Crippen LogP contribution in [0.2, 0.25) is 0 Å². The Kier molecular flexibility index (Phi) is 3.33. The van der Waals surface area contributed by atoms with Crippen molar-refractivity contribution >= 4 is 11.3 Å². The van der Waals surface area contributed by atoms with Crippen molar-refractivity contribution in [3.63, 3.8) is 0 Å². The maximum Gasteiger partial charge on any atom is 0.127 e. The Bertz CT molecular complexity index is 508. The van der Waals surface area contributed by atoms with Crippen LogP contribution in [0.3, 0.4) is 0 Å². The fraction of sp³-hybridized carbons (Fsp3) is 0.231. The molecule has 0 saturated heterocycles. The van der Waals surface area contributed by atoms with Gasteiger partial charge in [-0.2, -0.15) is 5.26 Å². The third-order valence-corrected chi connectivity index (χ3v) is 3.53. The zero-order valence-electron chi connectivity index (χ0n) is 9.10. The molecular weight excluding hydrogens is 216 g/mol. The second kappa shape index (κ2) is 4.91. The number of rotatable bonds is 3. The van der Waals surface area contributed by atoms with Gasteiger partial charge in [0.1, 0.15) is 10.9 Å². The summed E-state index contributed by atoms with van der Waals surface area (Å²) in [5, 5.41) is 9.89. The van der Waals surface area contributed by atoms with E-state index in [4.69, 9.17) is 5.26 Å². The molecule has 0 spiro atoms. The number of hydrogen-bond donors (Lipinski definition) is 0. The van der Waals surface area contributed by atoms with E-state index in [1.54, 1.807) is 0 Å². The molecule has 0 N–H and O–H groups in total. The van der Waals surface area contributed by atoms with E-state index in [9.17, 15) is 0 Å². The summed E-state index contributed by atoms with van der Waals surface area (Å²) in [7, 11) is 0. The van der Waals surface area contributed by atoms with Crippen molar-refractivity contribution in [3.8, 4) is 6.07 Å². The van der Waals surface area contributed by atoms with Crippen LogP contribution in [-0.2, 0) is 12.8 Å². The Hall–Kier alpha value is -1.66. The minimum absolute atomic E-state index is 0.739. The van der Waals surface area contributed by atoms with Crippen molar-refractivity contribution in [2.24, 2.45) is 0 Å². The van der Waals surface area contributed by atoms with Gasteiger partial charge in [-0.05, 0) is 18.9 Å². The topological polar surface area (TPSA) is 36.7 Å². The molecule has 16 heavy (non-hydrogen) atoms. The Morgan fingerprint density at radius 3 is 2.62 bits per heavy atom. The van der Waals surface area contributed by atoms with Crippen LogP contribution >= 0.6 is 11.3 Å². The SMILES string of the molecule is Cc1nc(CCc2ccccc2)sc1C#N. The first-order valence-corrected chi connectivity index (χ1v) is 6.01. The highest BCUT2D eigenvalue weighted by molar-refractivity contribution is 7.12. The Morgan fingerprint density at radius 2 is 2.00 bits per heavy atom. The number of thiazole rings is 1. The van der Waals surface area contributed by atoms with Gasteiger partial charge in [0.15, 0.2) is 0 Å². The second-order valence-electron chi connectivity index (χ2n) is 3.62. The molecule has 0 saturated carbocycles. The van der Waals surface area contributed by atoms with E-state index in [2.05, 4.69) is 23.2 Å². The lowest BCUT2D eigenvalue weighted by atomic mass is 10.1. The van der Waals surface area contributed by atoms with Crippen LogP contribution in [0.1, 0.15) is 21.1 Å². The van der Waals surface area contributed by atoms with E-state index in [0.29, 0.717) is 0 Å². The number of nitrogens with zero attached hydrogens (tertiary/aromatic N) is 2. The molecule has 1 aromatic heterocycles. The standard InChI is InChI=1S/C13H12N2S/c1-10-12(9-14)16-13(15-10)8-7-11-5-3-2-4-6-11/h2-6H,7-8H2,1H3. The van der Waals surface area contributed by atoms with Gasteiger partial charge in [-0.25, -0.2) is 4.98 Å². The van der Waals surface area contributed by atoms with Crippen molar-refractivity contribution < 1.29 is 0 Å². The first kappa shape index (κ1) is 10.8. The second-order valence-corrected chi connectivity index (χ2v) is 4.70. The Labute approximate surface area is 99.2 Å². The molecule has 2 rings (SSSR count). The van der Waals surface area contributed by atoms with Gasteiger partial charge in [0, 0.05) is 6.42 Å². The quantitative estimate of drug-likeness (QED) is 0.809. The zero-order valence-corrected chi connectivity index (χ0v) is 9.92. The third-order valence-electron chi connectivity index (χ3n) is 2.41. The molecule has 0 radical (unpaired) electrons. The Balaban J connectivity index is 2.03. The van der Waals surface area contributed by atoms with Crippen LogP contribution < -0.4 is 0 Å². The zero-order chi connectivity index (χ0) is 11.4. The van der Waals surface area contributed by atoms with Gasteiger partial charge in [0.05, 0.1) is 10.7 Å². The van der Waals surface area contributed by atoms with Crippen molar-refractivity contribution in [1.82, 2.24) is 4.98 Å². The predicted octanol–water partition coefficient (Wildman–Crippen LogP) is 3.11. The van der Waals surface area contributed by atoms with Gasteiger partial charge in [-0.15, -0.1) is 11.3 Å².